The van der Waals surface area contributed by atoms with E-state index in [1.165, 1.54) is 5.56 Å². The van der Waals surface area contributed by atoms with Crippen LogP contribution in [0.1, 0.15) is 23.1 Å². The number of hydrogen-bond acceptors (Lipinski definition) is 5. The molecule has 2 heterocycles. The highest BCUT2D eigenvalue weighted by Gasteiger charge is 2.22. The van der Waals surface area contributed by atoms with E-state index >= 15 is 0 Å². The van der Waals surface area contributed by atoms with E-state index in [2.05, 4.69) is 39.9 Å². The maximum absolute atomic E-state index is 11.4. The van der Waals surface area contributed by atoms with Crippen LogP contribution in [0.15, 0.2) is 85.1 Å². The van der Waals surface area contributed by atoms with E-state index in [-0.39, 0.29) is 12.5 Å². The first-order chi connectivity index (χ1) is 18.2. The van der Waals surface area contributed by atoms with Crippen molar-refractivity contribution < 1.29 is 24.1 Å². The molecule has 7 heteroatoms. The van der Waals surface area contributed by atoms with Crippen LogP contribution in [0.5, 0.6) is 11.6 Å². The molecular formula is C30H28N2O5. The number of pyridine rings is 1. The summed E-state index contributed by atoms with van der Waals surface area (Å²) in [6.45, 7) is 1.30. The van der Waals surface area contributed by atoms with E-state index < -0.39 is 6.16 Å². The van der Waals surface area contributed by atoms with Gasteiger partial charge in [0.05, 0.1) is 34.8 Å². The van der Waals surface area contributed by atoms with E-state index in [0.717, 1.165) is 46.8 Å². The Morgan fingerprint density at radius 3 is 2.30 bits per heavy atom. The standard InChI is InChI=1S/C30H28N2O5/c1-35-20-23-27-25(18-31-29(23)37-30(33)34)32(17-9-14-21-10-4-2-5-11-21)24-15-8-16-26(28(24)27)36-19-22-12-6-3-7-13-22/h2-8,10-13,15-16,18H,9,14,17,19-20H2,1H3,(H,33,34). The molecule has 0 amide bonds. The number of nitrogens with zero attached hydrogens (tertiary/aromatic N) is 2. The average Bonchev–Trinajstić information content (AvgIpc) is 3.24. The predicted octanol–water partition coefficient (Wildman–Crippen LogP) is 6.60. The highest BCUT2D eigenvalue weighted by molar-refractivity contribution is 6.13. The van der Waals surface area contributed by atoms with Gasteiger partial charge < -0.3 is 23.9 Å². The first kappa shape index (κ1) is 24.3. The number of aryl methyl sites for hydroxylation is 2. The van der Waals surface area contributed by atoms with Crippen LogP contribution in [0, 0.1) is 0 Å². The van der Waals surface area contributed by atoms with E-state index in [1.54, 1.807) is 13.3 Å². The number of rotatable bonds is 10. The van der Waals surface area contributed by atoms with Crippen LogP contribution >= 0.6 is 0 Å². The first-order valence-corrected chi connectivity index (χ1v) is 12.2. The number of ether oxygens (including phenoxy) is 3. The number of methoxy groups -OCH3 is 1. The largest absolute Gasteiger partial charge is 0.512 e. The van der Waals surface area contributed by atoms with Gasteiger partial charge in [0.2, 0.25) is 5.88 Å². The van der Waals surface area contributed by atoms with Gasteiger partial charge in [0, 0.05) is 19.0 Å². The molecule has 0 spiro atoms. The van der Waals surface area contributed by atoms with Crippen molar-refractivity contribution in [3.63, 3.8) is 0 Å². The summed E-state index contributed by atoms with van der Waals surface area (Å²) in [7, 11) is 1.56. The van der Waals surface area contributed by atoms with Crippen LogP contribution in [0.2, 0.25) is 0 Å². The van der Waals surface area contributed by atoms with Gasteiger partial charge in [-0.15, -0.1) is 0 Å². The second-order valence-corrected chi connectivity index (χ2v) is 8.77. The Bertz CT molecular complexity index is 1510. The van der Waals surface area contributed by atoms with Crippen molar-refractivity contribution in [2.75, 3.05) is 7.11 Å². The molecule has 0 unspecified atom stereocenters. The number of benzene rings is 3. The van der Waals surface area contributed by atoms with Gasteiger partial charge in [-0.2, -0.15) is 0 Å². The first-order valence-electron chi connectivity index (χ1n) is 12.2. The quantitative estimate of drug-likeness (QED) is 0.219. The minimum absolute atomic E-state index is 0.0167. The lowest BCUT2D eigenvalue weighted by Crippen LogP contribution is -2.08. The van der Waals surface area contributed by atoms with Crippen molar-refractivity contribution in [2.24, 2.45) is 0 Å². The number of fused-ring (bicyclic) bond motifs is 3. The summed E-state index contributed by atoms with van der Waals surface area (Å²) in [5.74, 6) is 0.723. The molecule has 0 atom stereocenters. The van der Waals surface area contributed by atoms with Crippen LogP contribution in [-0.4, -0.2) is 27.9 Å². The van der Waals surface area contributed by atoms with Crippen LogP contribution in [0.25, 0.3) is 21.8 Å². The normalized spacial score (nSPS) is 11.2. The lowest BCUT2D eigenvalue weighted by atomic mass is 10.1. The molecule has 0 saturated carbocycles. The third kappa shape index (κ3) is 5.27. The lowest BCUT2D eigenvalue weighted by Gasteiger charge is -2.11. The van der Waals surface area contributed by atoms with E-state index in [4.69, 9.17) is 14.2 Å². The molecule has 0 radical (unpaired) electrons. The van der Waals surface area contributed by atoms with E-state index in [1.807, 2.05) is 48.5 Å². The Morgan fingerprint density at radius 2 is 1.59 bits per heavy atom. The van der Waals surface area contributed by atoms with Gasteiger partial charge in [0.25, 0.3) is 0 Å². The zero-order chi connectivity index (χ0) is 25.6. The summed E-state index contributed by atoms with van der Waals surface area (Å²) in [4.78, 5) is 15.8. The van der Waals surface area contributed by atoms with Gasteiger partial charge in [0.15, 0.2) is 0 Å². The predicted molar refractivity (Wildman–Crippen MR) is 142 cm³/mol. The SMILES string of the molecule is COCc1c(OC(=O)O)ncc2c1c1c(OCc3ccccc3)cccc1n2CCCc1ccccc1. The van der Waals surface area contributed by atoms with Crippen LogP contribution in [-0.2, 0) is 30.9 Å². The van der Waals surface area contributed by atoms with Crippen molar-refractivity contribution in [3.05, 3.63) is 102 Å². The van der Waals surface area contributed by atoms with Crippen molar-refractivity contribution >= 4 is 28.0 Å². The maximum Gasteiger partial charge on any atom is 0.512 e. The zero-order valence-electron chi connectivity index (χ0n) is 20.6. The fraction of sp³-hybridized carbons (Fsp3) is 0.200. The molecule has 7 nitrogen and oxygen atoms in total. The van der Waals surface area contributed by atoms with E-state index in [9.17, 15) is 9.90 Å². The number of carbonyl (C=O) groups is 1. The Kier molecular flexibility index (Phi) is 7.33. The Labute approximate surface area is 214 Å². The third-order valence-electron chi connectivity index (χ3n) is 6.36. The monoisotopic (exact) mass is 496 g/mol. The van der Waals surface area contributed by atoms with Gasteiger partial charge in [0.1, 0.15) is 12.4 Å². The molecule has 0 saturated heterocycles. The minimum Gasteiger partial charge on any atom is -0.488 e. The lowest BCUT2D eigenvalue weighted by molar-refractivity contribution is 0.139. The summed E-state index contributed by atoms with van der Waals surface area (Å²) in [5, 5.41) is 11.0. The highest BCUT2D eigenvalue weighted by atomic mass is 16.7. The molecule has 0 aliphatic carbocycles. The second-order valence-electron chi connectivity index (χ2n) is 8.77. The van der Waals surface area contributed by atoms with Gasteiger partial charge in [-0.3, -0.25) is 0 Å². The Balaban J connectivity index is 1.62. The fourth-order valence-corrected chi connectivity index (χ4v) is 4.76. The molecule has 0 aliphatic rings. The second kappa shape index (κ2) is 11.1. The molecule has 188 valence electrons. The molecule has 0 fully saturated rings. The molecule has 3 aromatic carbocycles. The van der Waals surface area contributed by atoms with Crippen molar-refractivity contribution in [2.45, 2.75) is 32.6 Å². The fourth-order valence-electron chi connectivity index (χ4n) is 4.76. The third-order valence-corrected chi connectivity index (χ3v) is 6.36. The number of aromatic nitrogens is 2. The molecule has 1 N–H and O–H groups in total. The highest BCUT2D eigenvalue weighted by Crippen LogP contribution is 2.40. The van der Waals surface area contributed by atoms with Crippen molar-refractivity contribution in [1.82, 2.24) is 9.55 Å². The zero-order valence-corrected chi connectivity index (χ0v) is 20.6. The minimum atomic E-state index is -1.42. The van der Waals surface area contributed by atoms with Crippen LogP contribution in [0.4, 0.5) is 4.79 Å². The van der Waals surface area contributed by atoms with Gasteiger partial charge in [-0.1, -0.05) is 66.7 Å². The van der Waals surface area contributed by atoms with Crippen molar-refractivity contribution in [3.8, 4) is 11.6 Å². The summed E-state index contributed by atoms with van der Waals surface area (Å²) in [5.41, 5.74) is 4.78. The summed E-state index contributed by atoms with van der Waals surface area (Å²) in [6.07, 6.45) is 2.11. The molecule has 5 aromatic rings. The van der Waals surface area contributed by atoms with Crippen LogP contribution in [0.3, 0.4) is 0 Å². The van der Waals surface area contributed by atoms with Crippen molar-refractivity contribution in [1.29, 1.82) is 0 Å². The van der Waals surface area contributed by atoms with Gasteiger partial charge in [-0.05, 0) is 36.1 Å². The molecule has 0 aliphatic heterocycles. The summed E-state index contributed by atoms with van der Waals surface area (Å²) < 4.78 is 19.1. The number of hydrogen-bond donors (Lipinski definition) is 1. The summed E-state index contributed by atoms with van der Waals surface area (Å²) >= 11 is 0. The molecule has 0 bridgehead atoms. The molecule has 2 aromatic heterocycles. The Hall–Kier alpha value is -4.36. The Morgan fingerprint density at radius 1 is 0.865 bits per heavy atom. The van der Waals surface area contributed by atoms with E-state index in [0.29, 0.717) is 17.9 Å². The van der Waals surface area contributed by atoms with Gasteiger partial charge >= 0.3 is 6.16 Å². The molecule has 37 heavy (non-hydrogen) atoms. The maximum atomic E-state index is 11.4. The molecular weight excluding hydrogens is 468 g/mol. The number of carboxylic acid groups (broad SMARTS) is 1. The topological polar surface area (TPSA) is 82.8 Å². The van der Waals surface area contributed by atoms with Gasteiger partial charge in [-0.25, -0.2) is 9.78 Å². The molecule has 5 rings (SSSR count). The smallest absolute Gasteiger partial charge is 0.488 e. The average molecular weight is 497 g/mol. The van der Waals surface area contributed by atoms with Crippen LogP contribution < -0.4 is 9.47 Å². The summed E-state index contributed by atoms with van der Waals surface area (Å²) in [6, 6.07) is 26.3.